The normalized spacial score (nSPS) is 12.7. The number of amides is 1. The zero-order valence-electron chi connectivity index (χ0n) is 18.8. The third-order valence-corrected chi connectivity index (χ3v) is 6.25. The third-order valence-electron chi connectivity index (χ3n) is 6.25. The lowest BCUT2D eigenvalue weighted by atomic mass is 10.1. The van der Waals surface area contributed by atoms with E-state index in [4.69, 9.17) is 0 Å². The van der Waals surface area contributed by atoms with E-state index in [9.17, 15) is 19.5 Å². The number of aromatic nitrogens is 2. The summed E-state index contributed by atoms with van der Waals surface area (Å²) < 4.78 is 2.58. The number of aromatic hydroxyl groups is 1. The van der Waals surface area contributed by atoms with Crippen LogP contribution < -0.4 is 0 Å². The van der Waals surface area contributed by atoms with Gasteiger partial charge in [-0.2, -0.15) is 0 Å². The van der Waals surface area contributed by atoms with Crippen molar-refractivity contribution in [1.29, 1.82) is 0 Å². The summed E-state index contributed by atoms with van der Waals surface area (Å²) in [6.45, 7) is 0. The van der Waals surface area contributed by atoms with E-state index in [-0.39, 0.29) is 17.2 Å². The van der Waals surface area contributed by atoms with Crippen LogP contribution in [0, 0.1) is 0 Å². The molecule has 5 aromatic rings. The van der Waals surface area contributed by atoms with Crippen molar-refractivity contribution in [3.63, 3.8) is 0 Å². The summed E-state index contributed by atoms with van der Waals surface area (Å²) in [6.07, 6.45) is 2.98. The predicted molar refractivity (Wildman–Crippen MR) is 133 cm³/mol. The highest BCUT2D eigenvalue weighted by Gasteiger charge is 2.47. The maximum Gasteiger partial charge on any atom is 0.425 e. The van der Waals surface area contributed by atoms with Crippen molar-refractivity contribution < 1.29 is 24.1 Å². The zero-order chi connectivity index (χ0) is 24.8. The molecule has 0 radical (unpaired) electrons. The summed E-state index contributed by atoms with van der Waals surface area (Å²) in [7, 11) is 0. The number of hydrogen-bond donors (Lipinski definition) is 1. The van der Waals surface area contributed by atoms with Gasteiger partial charge in [0.15, 0.2) is 11.4 Å². The fourth-order valence-corrected chi connectivity index (χ4v) is 4.62. The van der Waals surface area contributed by atoms with E-state index in [1.54, 1.807) is 91.0 Å². The van der Waals surface area contributed by atoms with Gasteiger partial charge in [-0.25, -0.2) is 4.79 Å². The Hall–Kier alpha value is -5.17. The lowest BCUT2D eigenvalue weighted by Crippen LogP contribution is -2.29. The minimum atomic E-state index is -0.478. The Morgan fingerprint density at radius 2 is 1.44 bits per heavy atom. The number of Topliss-reactive ketones (excluding diaryl/α,β-unsaturated/α-hetero) is 1. The molecule has 1 aliphatic heterocycles. The van der Waals surface area contributed by atoms with Gasteiger partial charge in [-0.1, -0.05) is 42.5 Å². The molecule has 0 bridgehead atoms. The van der Waals surface area contributed by atoms with Crippen molar-refractivity contribution >= 4 is 39.9 Å². The summed E-state index contributed by atoms with van der Waals surface area (Å²) in [6, 6.07) is 25.3. The molecule has 1 N–H and O–H groups in total. The van der Waals surface area contributed by atoms with Crippen LogP contribution in [0.3, 0.4) is 0 Å². The van der Waals surface area contributed by atoms with Gasteiger partial charge in [0.05, 0.1) is 11.1 Å². The van der Waals surface area contributed by atoms with Gasteiger partial charge >= 0.3 is 5.91 Å². The molecule has 0 aliphatic carbocycles. The average molecular weight is 472 g/mol. The first-order chi connectivity index (χ1) is 17.6. The van der Waals surface area contributed by atoms with E-state index in [1.807, 2.05) is 0 Å². The first-order valence-electron chi connectivity index (χ1n) is 11.3. The minimum absolute atomic E-state index is 0.0336. The largest absolute Gasteiger partial charge is 0.505 e. The van der Waals surface area contributed by atoms with E-state index in [1.165, 1.54) is 21.5 Å². The Morgan fingerprint density at radius 3 is 2.22 bits per heavy atom. The summed E-state index contributed by atoms with van der Waals surface area (Å²) in [5.41, 5.74) is 1.66. The molecule has 2 aromatic heterocycles. The Labute approximate surface area is 205 Å². The number of rotatable bonds is 3. The van der Waals surface area contributed by atoms with E-state index >= 15 is 0 Å². The number of fused-ring (bicyclic) bond motifs is 2. The van der Waals surface area contributed by atoms with Gasteiger partial charge in [0.25, 0.3) is 17.4 Å². The quantitative estimate of drug-likeness (QED) is 0.388. The first-order valence-corrected chi connectivity index (χ1v) is 11.3. The molecule has 3 heterocycles. The Bertz CT molecular complexity index is 1740. The smallest absolute Gasteiger partial charge is 0.425 e. The molecule has 7 heteroatoms. The van der Waals surface area contributed by atoms with Gasteiger partial charge in [-0.3, -0.25) is 19.1 Å². The lowest BCUT2D eigenvalue weighted by Gasteiger charge is -2.08. The van der Waals surface area contributed by atoms with Crippen molar-refractivity contribution in [2.45, 2.75) is 0 Å². The van der Waals surface area contributed by atoms with E-state index < -0.39 is 17.6 Å². The molecule has 0 unspecified atom stereocenters. The van der Waals surface area contributed by atoms with Crippen LogP contribution in [-0.2, 0) is 0 Å². The molecule has 6 rings (SSSR count). The molecule has 7 nitrogen and oxygen atoms in total. The highest BCUT2D eigenvalue weighted by atomic mass is 16.3. The SMILES string of the molecule is O=C1C(c2c(O)c3ccccc3n2C(=O)c2ccccc2)=[N+](C(=O)c2ccncc2)c2ccccc21. The second-order valence-corrected chi connectivity index (χ2v) is 8.29. The van der Waals surface area contributed by atoms with Crippen molar-refractivity contribution in [2.24, 2.45) is 0 Å². The fraction of sp³-hybridized carbons (Fsp3) is 0. The number of ketones is 1. The molecule has 0 saturated carbocycles. The number of benzene rings is 3. The zero-order valence-corrected chi connectivity index (χ0v) is 18.8. The number of para-hydroxylation sites is 2. The van der Waals surface area contributed by atoms with E-state index in [0.29, 0.717) is 33.3 Å². The summed E-state index contributed by atoms with van der Waals surface area (Å²) in [5.74, 6) is -1.63. The van der Waals surface area contributed by atoms with Gasteiger partial charge in [-0.15, -0.1) is 4.58 Å². The summed E-state index contributed by atoms with van der Waals surface area (Å²) >= 11 is 0. The topological polar surface area (TPSA) is 92.3 Å². The van der Waals surface area contributed by atoms with Gasteiger partial charge in [-0.05, 0) is 42.5 Å². The summed E-state index contributed by atoms with van der Waals surface area (Å²) in [5, 5.41) is 11.8. The van der Waals surface area contributed by atoms with Crippen molar-refractivity contribution in [2.75, 3.05) is 0 Å². The van der Waals surface area contributed by atoms with Crippen LogP contribution in [0.4, 0.5) is 5.69 Å². The molecule has 0 atom stereocenters. The van der Waals surface area contributed by atoms with Crippen LogP contribution >= 0.6 is 0 Å². The number of carbonyl (C=O) groups excluding carboxylic acids is 3. The molecule has 1 aliphatic rings. The molecular formula is C29H18N3O4+. The highest BCUT2D eigenvalue weighted by molar-refractivity contribution is 6.53. The fourth-order valence-electron chi connectivity index (χ4n) is 4.62. The number of nitrogens with zero attached hydrogens (tertiary/aromatic N) is 3. The summed E-state index contributed by atoms with van der Waals surface area (Å²) in [4.78, 5) is 45.3. The van der Waals surface area contributed by atoms with Crippen LogP contribution in [0.5, 0.6) is 5.75 Å². The van der Waals surface area contributed by atoms with Gasteiger partial charge in [0, 0.05) is 29.4 Å². The number of hydrogen-bond acceptors (Lipinski definition) is 5. The van der Waals surface area contributed by atoms with Crippen molar-refractivity contribution in [3.05, 3.63) is 126 Å². The average Bonchev–Trinajstić information content (AvgIpc) is 3.39. The second-order valence-electron chi connectivity index (χ2n) is 8.29. The van der Waals surface area contributed by atoms with Crippen molar-refractivity contribution in [1.82, 2.24) is 9.55 Å². The van der Waals surface area contributed by atoms with Crippen molar-refractivity contribution in [3.8, 4) is 5.75 Å². The Kier molecular flexibility index (Phi) is 4.90. The van der Waals surface area contributed by atoms with Crippen LogP contribution in [-0.4, -0.2) is 42.5 Å². The Balaban J connectivity index is 1.71. The monoisotopic (exact) mass is 472 g/mol. The molecule has 1 amide bonds. The Morgan fingerprint density at radius 1 is 0.778 bits per heavy atom. The third kappa shape index (κ3) is 3.10. The maximum absolute atomic E-state index is 13.8. The van der Waals surface area contributed by atoms with Gasteiger partial charge < -0.3 is 5.11 Å². The van der Waals surface area contributed by atoms with Crippen LogP contribution in [0.15, 0.2) is 103 Å². The van der Waals surface area contributed by atoms with E-state index in [2.05, 4.69) is 4.98 Å². The molecule has 0 fully saturated rings. The van der Waals surface area contributed by atoms with Crippen LogP contribution in [0.1, 0.15) is 36.8 Å². The minimum Gasteiger partial charge on any atom is -0.505 e. The molecule has 0 spiro atoms. The van der Waals surface area contributed by atoms with E-state index in [0.717, 1.165) is 0 Å². The predicted octanol–water partition coefficient (Wildman–Crippen LogP) is 4.60. The second kappa shape index (κ2) is 8.25. The molecular weight excluding hydrogens is 454 g/mol. The lowest BCUT2D eigenvalue weighted by molar-refractivity contribution is -0.330. The van der Waals surface area contributed by atoms with Gasteiger partial charge in [0.2, 0.25) is 5.69 Å². The first kappa shape index (κ1) is 21.4. The standard InChI is InChI=1S/C29H17N3O4/c33-26-20-10-4-6-12-22(20)31(28(35)18-8-2-1-3-9-18)24(26)25-27(34)21-11-5-7-13-23(21)32(25)29(36)19-14-16-30-17-15-19/h1-17H/p+1. The highest BCUT2D eigenvalue weighted by Crippen LogP contribution is 2.38. The molecule has 36 heavy (non-hydrogen) atoms. The number of pyridine rings is 1. The molecule has 172 valence electrons. The number of carbonyl (C=O) groups is 3. The molecule has 3 aromatic carbocycles. The van der Waals surface area contributed by atoms with Gasteiger partial charge in [0.1, 0.15) is 5.56 Å². The maximum atomic E-state index is 13.8. The van der Waals surface area contributed by atoms with Crippen LogP contribution in [0.25, 0.3) is 10.9 Å². The molecule has 0 saturated heterocycles. The van der Waals surface area contributed by atoms with Crippen LogP contribution in [0.2, 0.25) is 0 Å².